The first-order valence-electron chi connectivity index (χ1n) is 5.34. The molecule has 3 heteroatoms. The Bertz CT molecular complexity index is 329. The van der Waals surface area contributed by atoms with Gasteiger partial charge < -0.3 is 10.5 Å². The van der Waals surface area contributed by atoms with Gasteiger partial charge in [-0.25, -0.2) is 0 Å². The average molecular weight is 270 g/mol. The van der Waals surface area contributed by atoms with Crippen LogP contribution in [0.1, 0.15) is 12.0 Å². The number of hydrogen-bond donors (Lipinski definition) is 1. The maximum absolute atomic E-state index is 5.94. The van der Waals surface area contributed by atoms with Crippen LogP contribution in [-0.2, 0) is 11.2 Å². The monoisotopic (exact) mass is 269 g/mol. The van der Waals surface area contributed by atoms with Gasteiger partial charge in [0, 0.05) is 10.5 Å². The molecule has 2 unspecified atom stereocenters. The molecule has 1 aliphatic rings. The van der Waals surface area contributed by atoms with Gasteiger partial charge in [0.2, 0.25) is 0 Å². The largest absolute Gasteiger partial charge is 0.379 e. The lowest BCUT2D eigenvalue weighted by Gasteiger charge is -2.13. The quantitative estimate of drug-likeness (QED) is 0.915. The van der Waals surface area contributed by atoms with Crippen LogP contribution < -0.4 is 5.73 Å². The summed E-state index contributed by atoms with van der Waals surface area (Å²) >= 11 is 3.56. The van der Waals surface area contributed by atoms with Gasteiger partial charge in [-0.3, -0.25) is 0 Å². The van der Waals surface area contributed by atoms with E-state index in [4.69, 9.17) is 10.5 Å². The lowest BCUT2D eigenvalue weighted by molar-refractivity contribution is 0.183. The molecule has 0 amide bonds. The highest BCUT2D eigenvalue weighted by Gasteiger charge is 2.24. The number of ether oxygens (including phenoxy) is 1. The second kappa shape index (κ2) is 5.10. The highest BCUT2D eigenvalue weighted by molar-refractivity contribution is 9.10. The van der Waals surface area contributed by atoms with Crippen molar-refractivity contribution in [1.82, 2.24) is 0 Å². The number of nitrogens with two attached hydrogens (primary N) is 1. The number of rotatable bonds is 3. The minimum Gasteiger partial charge on any atom is -0.379 e. The lowest BCUT2D eigenvalue weighted by atomic mass is 9.96. The maximum atomic E-state index is 5.94. The van der Waals surface area contributed by atoms with Gasteiger partial charge in [0.25, 0.3) is 0 Å². The van der Waals surface area contributed by atoms with E-state index in [0.717, 1.165) is 26.1 Å². The predicted molar refractivity (Wildman–Crippen MR) is 64.7 cm³/mol. The predicted octanol–water partition coefficient (Wildman–Crippen LogP) is 2.36. The van der Waals surface area contributed by atoms with Crippen molar-refractivity contribution in [3.63, 3.8) is 0 Å². The molecule has 82 valence electrons. The first-order valence-corrected chi connectivity index (χ1v) is 6.13. The van der Waals surface area contributed by atoms with Crippen molar-refractivity contribution in [3.05, 3.63) is 34.3 Å². The molecule has 0 bridgehead atoms. The smallest absolute Gasteiger partial charge is 0.0621 e. The molecular formula is C12H16BrNO. The Morgan fingerprint density at radius 2 is 2.13 bits per heavy atom. The van der Waals surface area contributed by atoms with Crippen molar-refractivity contribution in [1.29, 1.82) is 0 Å². The normalized spacial score (nSPS) is 25.7. The van der Waals surface area contributed by atoms with Crippen LogP contribution in [0.3, 0.4) is 0 Å². The molecule has 1 aliphatic heterocycles. The van der Waals surface area contributed by atoms with Crippen LogP contribution in [-0.4, -0.2) is 19.3 Å². The first kappa shape index (κ1) is 11.1. The summed E-state index contributed by atoms with van der Waals surface area (Å²) in [6.45, 7) is 1.55. The molecule has 1 saturated heterocycles. The van der Waals surface area contributed by atoms with Crippen LogP contribution in [0.25, 0.3) is 0 Å². The minimum absolute atomic E-state index is 0.229. The highest BCUT2D eigenvalue weighted by Crippen LogP contribution is 2.22. The van der Waals surface area contributed by atoms with Crippen LogP contribution in [0, 0.1) is 5.92 Å². The fraction of sp³-hybridized carbons (Fsp3) is 0.500. The molecular weight excluding hydrogens is 254 g/mol. The lowest BCUT2D eigenvalue weighted by Crippen LogP contribution is -2.28. The van der Waals surface area contributed by atoms with Crippen molar-refractivity contribution < 1.29 is 4.74 Å². The molecule has 0 saturated carbocycles. The van der Waals surface area contributed by atoms with E-state index in [1.807, 2.05) is 6.07 Å². The molecule has 0 radical (unpaired) electrons. The van der Waals surface area contributed by atoms with Gasteiger partial charge in [-0.1, -0.05) is 34.1 Å². The van der Waals surface area contributed by atoms with E-state index in [0.29, 0.717) is 5.92 Å². The van der Waals surface area contributed by atoms with Gasteiger partial charge in [0.15, 0.2) is 0 Å². The second-order valence-corrected chi connectivity index (χ2v) is 4.95. The summed E-state index contributed by atoms with van der Waals surface area (Å²) in [6, 6.07) is 8.59. The molecule has 2 nitrogen and oxygen atoms in total. The third kappa shape index (κ3) is 2.80. The van der Waals surface area contributed by atoms with E-state index in [2.05, 4.69) is 34.1 Å². The SMILES string of the molecule is NC1COCC1CCc1ccccc1Br. The van der Waals surface area contributed by atoms with Gasteiger partial charge in [-0.15, -0.1) is 0 Å². The Morgan fingerprint density at radius 1 is 1.33 bits per heavy atom. The standard InChI is InChI=1S/C12H16BrNO/c13-11-4-2-1-3-9(11)5-6-10-7-15-8-12(10)14/h1-4,10,12H,5-8,14H2. The summed E-state index contributed by atoms with van der Waals surface area (Å²) in [7, 11) is 0. The number of hydrogen-bond acceptors (Lipinski definition) is 2. The van der Waals surface area contributed by atoms with E-state index < -0.39 is 0 Å². The van der Waals surface area contributed by atoms with Crippen molar-refractivity contribution in [2.45, 2.75) is 18.9 Å². The molecule has 2 N–H and O–H groups in total. The topological polar surface area (TPSA) is 35.2 Å². The number of benzene rings is 1. The van der Waals surface area contributed by atoms with E-state index in [1.165, 1.54) is 10.0 Å². The summed E-state index contributed by atoms with van der Waals surface area (Å²) < 4.78 is 6.54. The van der Waals surface area contributed by atoms with Gasteiger partial charge in [-0.2, -0.15) is 0 Å². The number of aryl methyl sites for hydroxylation is 1. The van der Waals surface area contributed by atoms with Crippen LogP contribution in [0.15, 0.2) is 28.7 Å². The molecule has 2 atom stereocenters. The highest BCUT2D eigenvalue weighted by atomic mass is 79.9. The first-order chi connectivity index (χ1) is 7.27. The summed E-state index contributed by atoms with van der Waals surface area (Å²) in [6.07, 6.45) is 2.19. The Balaban J connectivity index is 1.90. The molecule has 15 heavy (non-hydrogen) atoms. The van der Waals surface area contributed by atoms with Crippen LogP contribution in [0.2, 0.25) is 0 Å². The van der Waals surface area contributed by atoms with E-state index in [-0.39, 0.29) is 6.04 Å². The zero-order valence-electron chi connectivity index (χ0n) is 8.66. The molecule has 0 aliphatic carbocycles. The summed E-state index contributed by atoms with van der Waals surface area (Å²) in [4.78, 5) is 0. The third-order valence-corrected chi connectivity index (χ3v) is 3.76. The Labute approximate surface area is 98.9 Å². The summed E-state index contributed by atoms with van der Waals surface area (Å²) in [5, 5.41) is 0. The average Bonchev–Trinajstić information content (AvgIpc) is 2.63. The molecule has 0 spiro atoms. The molecule has 0 aromatic heterocycles. The Hall–Kier alpha value is -0.380. The Kier molecular flexibility index (Phi) is 3.78. The van der Waals surface area contributed by atoms with Crippen molar-refractivity contribution in [2.24, 2.45) is 11.7 Å². The molecule has 1 aromatic carbocycles. The van der Waals surface area contributed by atoms with E-state index in [9.17, 15) is 0 Å². The molecule has 1 fully saturated rings. The van der Waals surface area contributed by atoms with Crippen LogP contribution >= 0.6 is 15.9 Å². The van der Waals surface area contributed by atoms with Crippen molar-refractivity contribution in [2.75, 3.05) is 13.2 Å². The fourth-order valence-corrected chi connectivity index (χ4v) is 2.44. The summed E-state index contributed by atoms with van der Waals surface area (Å²) in [5.41, 5.74) is 7.30. The fourth-order valence-electron chi connectivity index (χ4n) is 1.95. The molecule has 1 heterocycles. The van der Waals surface area contributed by atoms with Gasteiger partial charge in [0.05, 0.1) is 13.2 Å². The zero-order valence-corrected chi connectivity index (χ0v) is 10.2. The van der Waals surface area contributed by atoms with E-state index in [1.54, 1.807) is 0 Å². The van der Waals surface area contributed by atoms with Gasteiger partial charge in [-0.05, 0) is 30.4 Å². The maximum Gasteiger partial charge on any atom is 0.0621 e. The molecule has 2 rings (SSSR count). The number of halogens is 1. The van der Waals surface area contributed by atoms with Crippen molar-refractivity contribution >= 4 is 15.9 Å². The van der Waals surface area contributed by atoms with Gasteiger partial charge >= 0.3 is 0 Å². The van der Waals surface area contributed by atoms with Crippen molar-refractivity contribution in [3.8, 4) is 0 Å². The minimum atomic E-state index is 0.229. The summed E-state index contributed by atoms with van der Waals surface area (Å²) in [5.74, 6) is 0.525. The van der Waals surface area contributed by atoms with Gasteiger partial charge in [0.1, 0.15) is 0 Å². The zero-order chi connectivity index (χ0) is 10.7. The third-order valence-electron chi connectivity index (χ3n) is 2.99. The molecule has 1 aromatic rings. The van der Waals surface area contributed by atoms with E-state index >= 15 is 0 Å². The second-order valence-electron chi connectivity index (χ2n) is 4.09. The Morgan fingerprint density at radius 3 is 2.80 bits per heavy atom. The van der Waals surface area contributed by atoms with Crippen LogP contribution in [0.5, 0.6) is 0 Å². The van der Waals surface area contributed by atoms with Crippen LogP contribution in [0.4, 0.5) is 0 Å².